The average molecular weight is 296 g/mol. The minimum absolute atomic E-state index is 0.0213. The number of benzene rings is 1. The van der Waals surface area contributed by atoms with E-state index in [0.717, 1.165) is 31.5 Å². The van der Waals surface area contributed by atoms with Crippen molar-refractivity contribution >= 4 is 5.78 Å². The van der Waals surface area contributed by atoms with Gasteiger partial charge in [0, 0.05) is 12.1 Å². The molecule has 1 saturated carbocycles. The molecule has 21 heavy (non-hydrogen) atoms. The fourth-order valence-corrected chi connectivity index (χ4v) is 2.98. The number of ketones is 1. The minimum Gasteiger partial charge on any atom is -0.302 e. The van der Waals surface area contributed by atoms with E-state index in [4.69, 9.17) is 0 Å². The molecule has 0 aliphatic heterocycles. The number of rotatable bonds is 6. The predicted octanol–water partition coefficient (Wildman–Crippen LogP) is 2.56. The molecule has 1 aromatic rings. The molecule has 1 fully saturated rings. The van der Waals surface area contributed by atoms with Crippen molar-refractivity contribution in [2.45, 2.75) is 24.8 Å². The number of carbonyl (C=O) groups excluding carboxylic acids is 1. The highest BCUT2D eigenvalue weighted by molar-refractivity contribution is 5.98. The number of carbonyl (C=O) groups is 1. The fourth-order valence-electron chi connectivity index (χ4n) is 2.98. The maximum absolute atomic E-state index is 13.6. The molecule has 1 aliphatic rings. The Bertz CT molecular complexity index is 507. The molecule has 0 unspecified atom stereocenters. The second kappa shape index (κ2) is 6.20. The first-order valence-electron chi connectivity index (χ1n) is 7.19. The van der Waals surface area contributed by atoms with Crippen molar-refractivity contribution in [1.29, 1.82) is 0 Å². The van der Waals surface area contributed by atoms with Crippen LogP contribution in [0.4, 0.5) is 8.78 Å². The second-order valence-electron chi connectivity index (χ2n) is 6.16. The van der Waals surface area contributed by atoms with Crippen LogP contribution in [0.25, 0.3) is 0 Å². The van der Waals surface area contributed by atoms with Gasteiger partial charge in [-0.15, -0.1) is 0 Å². The van der Waals surface area contributed by atoms with Crippen LogP contribution < -0.4 is 0 Å². The van der Waals surface area contributed by atoms with Crippen LogP contribution in [0.15, 0.2) is 18.2 Å². The van der Waals surface area contributed by atoms with Gasteiger partial charge in [0.05, 0.1) is 12.1 Å². The standard InChI is InChI=1S/C16H22F2N2O/c1-19(2)16(8-5-9-16)11-20(3)10-14(21)15-12(17)6-4-7-13(15)18/h4,6-7H,5,8-11H2,1-3H3. The molecule has 3 nitrogen and oxygen atoms in total. The molecule has 116 valence electrons. The van der Waals surface area contributed by atoms with Gasteiger partial charge in [0.2, 0.25) is 0 Å². The van der Waals surface area contributed by atoms with Gasteiger partial charge >= 0.3 is 0 Å². The van der Waals surface area contributed by atoms with Crippen molar-refractivity contribution in [2.24, 2.45) is 0 Å². The molecule has 0 radical (unpaired) electrons. The van der Waals surface area contributed by atoms with E-state index < -0.39 is 23.0 Å². The van der Waals surface area contributed by atoms with Crippen molar-refractivity contribution in [3.8, 4) is 0 Å². The van der Waals surface area contributed by atoms with Crippen molar-refractivity contribution < 1.29 is 13.6 Å². The normalized spacial score (nSPS) is 17.1. The Kier molecular flexibility index (Phi) is 4.74. The zero-order chi connectivity index (χ0) is 15.6. The van der Waals surface area contributed by atoms with E-state index in [0.29, 0.717) is 0 Å². The van der Waals surface area contributed by atoms with Crippen LogP contribution in [0.3, 0.4) is 0 Å². The monoisotopic (exact) mass is 296 g/mol. The van der Waals surface area contributed by atoms with Crippen LogP contribution in [-0.4, -0.2) is 55.4 Å². The molecule has 0 aromatic heterocycles. The van der Waals surface area contributed by atoms with Crippen LogP contribution >= 0.6 is 0 Å². The fraction of sp³-hybridized carbons (Fsp3) is 0.562. The molecule has 5 heteroatoms. The van der Waals surface area contributed by atoms with Gasteiger partial charge in [0.15, 0.2) is 5.78 Å². The van der Waals surface area contributed by atoms with Gasteiger partial charge in [-0.1, -0.05) is 6.07 Å². The molecule has 0 atom stereocenters. The van der Waals surface area contributed by atoms with Crippen molar-refractivity contribution in [3.05, 3.63) is 35.4 Å². The van der Waals surface area contributed by atoms with Crippen molar-refractivity contribution in [3.63, 3.8) is 0 Å². The van der Waals surface area contributed by atoms with Gasteiger partial charge in [-0.2, -0.15) is 0 Å². The van der Waals surface area contributed by atoms with Gasteiger partial charge < -0.3 is 4.90 Å². The molecule has 0 bridgehead atoms. The Labute approximate surface area is 124 Å². The number of likely N-dealkylation sites (N-methyl/N-ethyl adjacent to an activating group) is 2. The molecule has 0 spiro atoms. The van der Waals surface area contributed by atoms with Gasteiger partial charge in [-0.3, -0.25) is 9.69 Å². The van der Waals surface area contributed by atoms with E-state index in [1.165, 1.54) is 12.5 Å². The van der Waals surface area contributed by atoms with Crippen molar-refractivity contribution in [2.75, 3.05) is 34.2 Å². The maximum Gasteiger partial charge on any atom is 0.182 e. The van der Waals surface area contributed by atoms with E-state index in [9.17, 15) is 13.6 Å². The Morgan fingerprint density at radius 3 is 2.19 bits per heavy atom. The number of hydrogen-bond donors (Lipinski definition) is 0. The lowest BCUT2D eigenvalue weighted by Crippen LogP contribution is -2.57. The third-order valence-electron chi connectivity index (χ3n) is 4.45. The largest absolute Gasteiger partial charge is 0.302 e. The highest BCUT2D eigenvalue weighted by Crippen LogP contribution is 2.36. The van der Waals surface area contributed by atoms with E-state index in [1.807, 2.05) is 26.0 Å². The summed E-state index contributed by atoms with van der Waals surface area (Å²) in [6.07, 6.45) is 3.36. The molecule has 1 aliphatic carbocycles. The first-order valence-corrected chi connectivity index (χ1v) is 7.19. The van der Waals surface area contributed by atoms with Crippen LogP contribution in [0, 0.1) is 11.6 Å². The summed E-state index contributed by atoms with van der Waals surface area (Å²) >= 11 is 0. The highest BCUT2D eigenvalue weighted by atomic mass is 19.1. The average Bonchev–Trinajstić information content (AvgIpc) is 2.33. The van der Waals surface area contributed by atoms with E-state index in [1.54, 1.807) is 0 Å². The lowest BCUT2D eigenvalue weighted by atomic mass is 9.75. The Balaban J connectivity index is 2.03. The number of nitrogens with zero attached hydrogens (tertiary/aromatic N) is 2. The van der Waals surface area contributed by atoms with Gasteiger partial charge in [-0.05, 0) is 52.5 Å². The topological polar surface area (TPSA) is 23.6 Å². The first kappa shape index (κ1) is 16.0. The van der Waals surface area contributed by atoms with Crippen LogP contribution in [-0.2, 0) is 0 Å². The lowest BCUT2D eigenvalue weighted by Gasteiger charge is -2.49. The summed E-state index contributed by atoms with van der Waals surface area (Å²) in [6.45, 7) is 0.745. The lowest BCUT2D eigenvalue weighted by molar-refractivity contribution is 0.0279. The highest BCUT2D eigenvalue weighted by Gasteiger charge is 2.40. The zero-order valence-electron chi connectivity index (χ0n) is 12.8. The molecule has 0 amide bonds. The first-order chi connectivity index (χ1) is 9.85. The SMILES string of the molecule is CN(CC(=O)c1c(F)cccc1F)CC1(N(C)C)CCC1. The van der Waals surface area contributed by atoms with Crippen LogP contribution in [0.5, 0.6) is 0 Å². The molecular weight excluding hydrogens is 274 g/mol. The molecule has 2 rings (SSSR count). The molecule has 1 aromatic carbocycles. The van der Waals surface area contributed by atoms with E-state index >= 15 is 0 Å². The summed E-state index contributed by atoms with van der Waals surface area (Å²) in [5.41, 5.74) is -0.347. The number of hydrogen-bond acceptors (Lipinski definition) is 3. The Hall–Kier alpha value is -1.33. The number of Topliss-reactive ketones (excluding diaryl/α,β-unsaturated/α-hetero) is 1. The summed E-state index contributed by atoms with van der Waals surface area (Å²) in [7, 11) is 5.89. The smallest absolute Gasteiger partial charge is 0.182 e. The summed E-state index contributed by atoms with van der Waals surface area (Å²) < 4.78 is 27.2. The summed E-state index contributed by atoms with van der Waals surface area (Å²) in [5, 5.41) is 0. The van der Waals surface area contributed by atoms with Gasteiger partial charge in [0.25, 0.3) is 0 Å². The number of halogens is 2. The summed E-state index contributed by atoms with van der Waals surface area (Å²) in [5.74, 6) is -2.10. The maximum atomic E-state index is 13.6. The molecule has 0 N–H and O–H groups in total. The summed E-state index contributed by atoms with van der Waals surface area (Å²) in [6, 6.07) is 3.49. The second-order valence-corrected chi connectivity index (χ2v) is 6.16. The minimum atomic E-state index is -0.792. The summed E-state index contributed by atoms with van der Waals surface area (Å²) in [4.78, 5) is 16.2. The zero-order valence-corrected chi connectivity index (χ0v) is 12.8. The van der Waals surface area contributed by atoms with Gasteiger partial charge in [0.1, 0.15) is 11.6 Å². The predicted molar refractivity (Wildman–Crippen MR) is 78.5 cm³/mol. The Morgan fingerprint density at radius 1 is 1.19 bits per heavy atom. The van der Waals surface area contributed by atoms with Crippen LogP contribution in [0.2, 0.25) is 0 Å². The quantitative estimate of drug-likeness (QED) is 0.754. The third-order valence-corrected chi connectivity index (χ3v) is 4.45. The molecule has 0 heterocycles. The van der Waals surface area contributed by atoms with Gasteiger partial charge in [-0.25, -0.2) is 8.78 Å². The third kappa shape index (κ3) is 3.30. The van der Waals surface area contributed by atoms with E-state index in [2.05, 4.69) is 4.90 Å². The van der Waals surface area contributed by atoms with Crippen LogP contribution in [0.1, 0.15) is 29.6 Å². The van der Waals surface area contributed by atoms with E-state index in [-0.39, 0.29) is 12.1 Å². The van der Waals surface area contributed by atoms with Crippen molar-refractivity contribution in [1.82, 2.24) is 9.80 Å². The molecule has 0 saturated heterocycles. The Morgan fingerprint density at radius 2 is 1.76 bits per heavy atom. The molecular formula is C16H22F2N2O.